The molecule has 0 spiro atoms. The molecule has 0 aromatic heterocycles. The topological polar surface area (TPSA) is 70.9 Å². The van der Waals surface area contributed by atoms with Crippen molar-refractivity contribution in [2.24, 2.45) is 44.8 Å². The lowest BCUT2D eigenvalue weighted by molar-refractivity contribution is -0.0968. The molecule has 7 nitrogen and oxygen atoms in total. The number of rotatable bonds is 10. The second-order valence-electron chi connectivity index (χ2n) is 17.2. The van der Waals surface area contributed by atoms with Gasteiger partial charge in [0, 0.05) is 17.4 Å². The van der Waals surface area contributed by atoms with E-state index in [1.807, 2.05) is 0 Å². The SMILES string of the molecule is CO/N=C1\C[C@@]2(C)C(CC[C@]2(O[Si](C)(C)C)/C(CO[Si](C)(C)C)=N/OC)C2CC[C@H]3C[C@H](O[Si](C)(C)C)CC[C@]3(C)C12. The van der Waals surface area contributed by atoms with Gasteiger partial charge in [-0.3, -0.25) is 0 Å². The van der Waals surface area contributed by atoms with Gasteiger partial charge in [-0.1, -0.05) is 24.2 Å². The summed E-state index contributed by atoms with van der Waals surface area (Å²) in [6, 6.07) is 0. The average Bonchev–Trinajstić information content (AvgIpc) is 3.11. The molecule has 0 bridgehead atoms. The van der Waals surface area contributed by atoms with Crippen molar-refractivity contribution in [3.8, 4) is 0 Å². The lowest BCUT2D eigenvalue weighted by Gasteiger charge is -2.62. The van der Waals surface area contributed by atoms with Crippen molar-refractivity contribution in [3.05, 3.63) is 0 Å². The molecule has 4 rings (SSSR count). The molecule has 4 aliphatic carbocycles. The number of fused-ring (bicyclic) bond motifs is 5. The van der Waals surface area contributed by atoms with Crippen molar-refractivity contribution in [1.82, 2.24) is 0 Å². The fourth-order valence-corrected chi connectivity index (χ4v) is 13.0. The van der Waals surface area contributed by atoms with Crippen molar-refractivity contribution in [1.29, 1.82) is 0 Å². The Balaban J connectivity index is 1.75. The van der Waals surface area contributed by atoms with Crippen LogP contribution in [0, 0.1) is 34.5 Å². The van der Waals surface area contributed by atoms with Gasteiger partial charge in [-0.2, -0.15) is 0 Å². The van der Waals surface area contributed by atoms with Crippen molar-refractivity contribution in [2.75, 3.05) is 20.8 Å². The molecule has 0 aliphatic heterocycles. The van der Waals surface area contributed by atoms with Crippen molar-refractivity contribution >= 4 is 36.4 Å². The maximum atomic E-state index is 7.39. The molecule has 4 aliphatic rings. The number of nitrogens with zero attached hydrogens (tertiary/aromatic N) is 2. The van der Waals surface area contributed by atoms with E-state index >= 15 is 0 Å². The summed E-state index contributed by atoms with van der Waals surface area (Å²) in [4.78, 5) is 11.2. The van der Waals surface area contributed by atoms with Crippen LogP contribution < -0.4 is 0 Å². The summed E-state index contributed by atoms with van der Waals surface area (Å²) in [6.07, 6.45) is 9.42. The third-order valence-electron chi connectivity index (χ3n) is 11.0. The van der Waals surface area contributed by atoms with E-state index in [9.17, 15) is 0 Å². The van der Waals surface area contributed by atoms with E-state index < -0.39 is 30.6 Å². The van der Waals surface area contributed by atoms with Gasteiger partial charge in [0.1, 0.15) is 25.5 Å². The van der Waals surface area contributed by atoms with E-state index in [2.05, 4.69) is 72.8 Å². The van der Waals surface area contributed by atoms with Gasteiger partial charge in [-0.05, 0) is 133 Å². The van der Waals surface area contributed by atoms with Crippen LogP contribution in [0.5, 0.6) is 0 Å². The molecule has 4 fully saturated rings. The van der Waals surface area contributed by atoms with E-state index in [-0.39, 0.29) is 10.8 Å². The molecule has 0 saturated heterocycles. The first kappa shape index (κ1) is 34.3. The van der Waals surface area contributed by atoms with Crippen LogP contribution in [0.3, 0.4) is 0 Å². The molecule has 0 aromatic rings. The van der Waals surface area contributed by atoms with E-state index in [0.717, 1.165) is 31.4 Å². The summed E-state index contributed by atoms with van der Waals surface area (Å²) in [5, 5.41) is 9.62. The van der Waals surface area contributed by atoms with Crippen LogP contribution in [-0.4, -0.2) is 68.9 Å². The smallest absolute Gasteiger partial charge is 0.185 e. The number of hydrogen-bond acceptors (Lipinski definition) is 7. The van der Waals surface area contributed by atoms with Gasteiger partial charge in [0.05, 0.1) is 12.3 Å². The predicted molar refractivity (Wildman–Crippen MR) is 181 cm³/mol. The molecule has 42 heavy (non-hydrogen) atoms. The predicted octanol–water partition coefficient (Wildman–Crippen LogP) is 8.31. The Labute approximate surface area is 260 Å². The molecular formula is C32H62N2O5Si3. The summed E-state index contributed by atoms with van der Waals surface area (Å²) in [5.74, 6) is 2.19. The minimum Gasteiger partial charge on any atom is -0.415 e. The molecule has 242 valence electrons. The first-order valence-electron chi connectivity index (χ1n) is 16.5. The largest absolute Gasteiger partial charge is 0.415 e. The monoisotopic (exact) mass is 638 g/mol. The fraction of sp³-hybridized carbons (Fsp3) is 0.938. The summed E-state index contributed by atoms with van der Waals surface area (Å²) in [6.45, 7) is 26.1. The third-order valence-corrected chi connectivity index (χ3v) is 14.0. The molecule has 10 heteroatoms. The highest BCUT2D eigenvalue weighted by Gasteiger charge is 2.69. The van der Waals surface area contributed by atoms with E-state index in [0.29, 0.717) is 36.4 Å². The van der Waals surface area contributed by atoms with Crippen LogP contribution in [0.1, 0.15) is 65.2 Å². The van der Waals surface area contributed by atoms with E-state index in [1.54, 1.807) is 14.2 Å². The zero-order valence-corrected chi connectivity index (χ0v) is 32.2. The Kier molecular flexibility index (Phi) is 9.82. The summed E-state index contributed by atoms with van der Waals surface area (Å²) in [7, 11) is -1.99. The highest BCUT2D eigenvalue weighted by Crippen LogP contribution is 2.69. The number of oxime groups is 2. The zero-order valence-electron chi connectivity index (χ0n) is 29.2. The van der Waals surface area contributed by atoms with Gasteiger partial charge in [-0.25, -0.2) is 0 Å². The van der Waals surface area contributed by atoms with Crippen LogP contribution in [0.15, 0.2) is 10.3 Å². The Morgan fingerprint density at radius 2 is 1.52 bits per heavy atom. The molecule has 8 atom stereocenters. The molecule has 0 amide bonds. The maximum Gasteiger partial charge on any atom is 0.185 e. The minimum atomic E-state index is -2.00. The van der Waals surface area contributed by atoms with Crippen molar-refractivity contribution < 1.29 is 23.0 Å². The quantitative estimate of drug-likeness (QED) is 0.137. The molecular weight excluding hydrogens is 577 g/mol. The Morgan fingerprint density at radius 1 is 0.833 bits per heavy atom. The summed E-state index contributed by atoms with van der Waals surface area (Å²) < 4.78 is 20.6. The van der Waals surface area contributed by atoms with Crippen LogP contribution in [-0.2, 0) is 23.0 Å². The van der Waals surface area contributed by atoms with Crippen LogP contribution in [0.25, 0.3) is 0 Å². The number of hydrogen-bond donors (Lipinski definition) is 0. The van der Waals surface area contributed by atoms with Gasteiger partial charge in [-0.15, -0.1) is 0 Å². The van der Waals surface area contributed by atoms with Crippen LogP contribution >= 0.6 is 0 Å². The third kappa shape index (κ3) is 6.69. The van der Waals surface area contributed by atoms with Crippen molar-refractivity contribution in [3.63, 3.8) is 0 Å². The molecule has 0 aromatic carbocycles. The highest BCUT2D eigenvalue weighted by atomic mass is 28.4. The van der Waals surface area contributed by atoms with Crippen LogP contribution in [0.4, 0.5) is 0 Å². The Hall–Kier alpha value is -0.529. The zero-order chi connectivity index (χ0) is 31.4. The normalized spacial score (nSPS) is 40.4. The molecule has 4 saturated carbocycles. The molecule has 3 unspecified atom stereocenters. The highest BCUT2D eigenvalue weighted by molar-refractivity contribution is 6.70. The van der Waals surface area contributed by atoms with Gasteiger partial charge in [0.15, 0.2) is 25.0 Å². The first-order valence-corrected chi connectivity index (χ1v) is 26.7. The minimum absolute atomic E-state index is 0.173. The van der Waals surface area contributed by atoms with Crippen LogP contribution in [0.2, 0.25) is 58.9 Å². The summed E-state index contributed by atoms with van der Waals surface area (Å²) >= 11 is 0. The molecule has 0 N–H and O–H groups in total. The van der Waals surface area contributed by atoms with Crippen molar-refractivity contribution in [2.45, 2.75) is 136 Å². The van der Waals surface area contributed by atoms with Gasteiger partial charge < -0.3 is 23.0 Å². The Bertz CT molecular complexity index is 1030. The van der Waals surface area contributed by atoms with Gasteiger partial charge in [0.2, 0.25) is 0 Å². The van der Waals surface area contributed by atoms with E-state index in [4.69, 9.17) is 33.3 Å². The van der Waals surface area contributed by atoms with E-state index in [1.165, 1.54) is 31.4 Å². The average molecular weight is 639 g/mol. The Morgan fingerprint density at radius 3 is 2.10 bits per heavy atom. The standard InChI is InChI=1S/C32H62N2O5Si3/c1-30-18-16-24(38-41(8,9)10)20-23(30)14-15-25-26-17-19-32(39-42(11,12)13,28(34-36-4)22-37-40(5,6)7)31(26,2)21-27(29(25)30)33-35-3/h23-26,29H,14-22H2,1-13H3/b33-27+,34-28+/t23-,24+,25?,26?,29?,30-,31-,32-/m0/s1. The van der Waals surface area contributed by atoms with Gasteiger partial charge in [0.25, 0.3) is 0 Å². The fourth-order valence-electron chi connectivity index (χ4n) is 9.71. The molecule has 0 radical (unpaired) electrons. The molecule has 0 heterocycles. The summed E-state index contributed by atoms with van der Waals surface area (Å²) in [5.41, 5.74) is 1.67. The second kappa shape index (κ2) is 12.0. The lowest BCUT2D eigenvalue weighted by Crippen LogP contribution is -2.65. The lowest BCUT2D eigenvalue weighted by atomic mass is 9.43. The first-order chi connectivity index (χ1) is 19.3. The maximum absolute atomic E-state index is 7.39. The second-order valence-corrected chi connectivity index (χ2v) is 30.6. The van der Waals surface area contributed by atoms with Gasteiger partial charge >= 0.3 is 0 Å².